The van der Waals surface area contributed by atoms with Gasteiger partial charge in [-0.15, -0.1) is 0 Å². The molecule has 3 atom stereocenters. The number of carbonyl (C=O) groups is 4. The maximum atomic E-state index is 12.7. The zero-order valence-electron chi connectivity index (χ0n) is 13.0. The van der Waals surface area contributed by atoms with Crippen LogP contribution in [0.5, 0.6) is 0 Å². The Hall–Kier alpha value is -1.59. The number of halogens is 3. The average Bonchev–Trinajstić information content (AvgIpc) is 2.85. The van der Waals surface area contributed by atoms with E-state index in [4.69, 9.17) is 0 Å². The molecule has 0 radical (unpaired) electrons. The van der Waals surface area contributed by atoms with Crippen molar-refractivity contribution in [3.63, 3.8) is 0 Å². The molecule has 3 rings (SSSR count). The molecule has 0 aromatic heterocycles. The number of alkyl halides is 3. The van der Waals surface area contributed by atoms with Gasteiger partial charge >= 0.3 is 47.6 Å². The third kappa shape index (κ3) is 3.12. The summed E-state index contributed by atoms with van der Waals surface area (Å²) >= 11 is 0. The Morgan fingerprint density at radius 2 is 1.92 bits per heavy atom. The molecule has 3 aliphatic rings. The van der Waals surface area contributed by atoms with Crippen LogP contribution in [-0.4, -0.2) is 99.5 Å². The summed E-state index contributed by atoms with van der Waals surface area (Å²) in [7, 11) is 0. The molecule has 2 fully saturated rings. The molecule has 3 amide bonds. The topological polar surface area (TPSA) is 107 Å². The van der Waals surface area contributed by atoms with Gasteiger partial charge in [-0.1, -0.05) is 0 Å². The summed E-state index contributed by atoms with van der Waals surface area (Å²) in [6.07, 6.45) is -5.01. The number of carbonyl (C=O) groups excluding carboxylic acids is 3. The molecule has 3 heterocycles. The predicted molar refractivity (Wildman–Crippen MR) is 80.8 cm³/mol. The summed E-state index contributed by atoms with van der Waals surface area (Å²) in [5, 5.41) is 11.8. The molecule has 0 aliphatic carbocycles. The number of likely N-dealkylation sites (tertiary alicyclic amines) is 1. The second kappa shape index (κ2) is 6.86. The number of hydrogen-bond donors (Lipinski definition) is 2. The summed E-state index contributed by atoms with van der Waals surface area (Å²) in [5.74, 6) is -5.25. The van der Waals surface area contributed by atoms with E-state index in [-0.39, 0.29) is 60.3 Å². The van der Waals surface area contributed by atoms with Crippen LogP contribution in [0.4, 0.5) is 13.2 Å². The number of β-lactam (4-membered cyclic amide) rings is 1. The second-order valence-electron chi connectivity index (χ2n) is 6.23. The fourth-order valence-electron chi connectivity index (χ4n) is 3.80. The Labute approximate surface area is 167 Å². The van der Waals surface area contributed by atoms with Crippen molar-refractivity contribution in [3.05, 3.63) is 11.3 Å². The fraction of sp³-hybridized carbons (Fsp3) is 0.571. The minimum absolute atomic E-state index is 0. The first kappa shape index (κ1) is 20.7. The molecule has 0 aromatic carbocycles. The number of aliphatic carboxylic acids is 1. The van der Waals surface area contributed by atoms with Crippen molar-refractivity contribution in [3.8, 4) is 0 Å². The Morgan fingerprint density at radius 1 is 1.31 bits per heavy atom. The van der Waals surface area contributed by atoms with Gasteiger partial charge in [-0.25, -0.2) is 4.79 Å². The summed E-state index contributed by atoms with van der Waals surface area (Å²) < 4.78 is 38.2. The Kier molecular flexibility index (Phi) is 5.46. The second-order valence-corrected chi connectivity index (χ2v) is 6.23. The van der Waals surface area contributed by atoms with Crippen LogP contribution in [0.1, 0.15) is 13.3 Å². The van der Waals surface area contributed by atoms with Crippen molar-refractivity contribution in [2.75, 3.05) is 13.1 Å². The van der Waals surface area contributed by atoms with E-state index in [1.54, 1.807) is 0 Å². The van der Waals surface area contributed by atoms with E-state index >= 15 is 0 Å². The van der Waals surface area contributed by atoms with Gasteiger partial charge in [0, 0.05) is 25.9 Å². The van der Waals surface area contributed by atoms with Gasteiger partial charge in [0.1, 0.15) is 11.7 Å². The van der Waals surface area contributed by atoms with Crippen molar-refractivity contribution in [1.29, 1.82) is 0 Å². The van der Waals surface area contributed by atoms with Gasteiger partial charge in [-0.2, -0.15) is 13.2 Å². The van der Waals surface area contributed by atoms with E-state index in [0.717, 1.165) is 4.90 Å². The molecule has 8 nitrogen and oxygen atoms in total. The van der Waals surface area contributed by atoms with Gasteiger partial charge in [0.15, 0.2) is 0 Å². The van der Waals surface area contributed by atoms with E-state index in [9.17, 15) is 37.5 Å². The Morgan fingerprint density at radius 3 is 2.42 bits per heavy atom. The van der Waals surface area contributed by atoms with Crippen LogP contribution in [0, 0.1) is 5.92 Å². The van der Waals surface area contributed by atoms with Gasteiger partial charge in [0.25, 0.3) is 5.91 Å². The number of amides is 3. The van der Waals surface area contributed by atoms with E-state index in [1.807, 2.05) is 0 Å². The molecule has 0 spiro atoms. The van der Waals surface area contributed by atoms with Gasteiger partial charge in [-0.05, 0) is 12.0 Å². The standard InChI is InChI=1S/C14H14F3N3O5.Na.H/c1-5(21)18-3-6-2-7-4-19(13(25)14(15,16)17)10-8(7)20(11(10)22)9(6)12(23)24;;/h7-8,10H,2-4H2,1H3,(H,18,21)(H,23,24);;/t7-,8-,10+;;/m1../s1. The quantitative estimate of drug-likeness (QED) is 0.470. The van der Waals surface area contributed by atoms with Crippen molar-refractivity contribution >= 4 is 53.2 Å². The first-order chi connectivity index (χ1) is 11.5. The Balaban J connectivity index is 0.00000243. The molecule has 0 bridgehead atoms. The summed E-state index contributed by atoms with van der Waals surface area (Å²) in [4.78, 5) is 47.8. The number of nitrogens with one attached hydrogen (secondary N) is 1. The number of carboxylic acids is 1. The van der Waals surface area contributed by atoms with Crippen LogP contribution in [0.25, 0.3) is 0 Å². The van der Waals surface area contributed by atoms with Crippen LogP contribution >= 0.6 is 0 Å². The van der Waals surface area contributed by atoms with E-state index < -0.39 is 47.9 Å². The first-order valence-corrected chi connectivity index (χ1v) is 7.44. The summed E-state index contributed by atoms with van der Waals surface area (Å²) in [6.45, 7) is 0.824. The molecular formula is C14H15F3N3NaO5. The third-order valence-corrected chi connectivity index (χ3v) is 4.70. The number of carboxylic acid groups (broad SMARTS) is 1. The van der Waals surface area contributed by atoms with E-state index in [0.29, 0.717) is 4.90 Å². The monoisotopic (exact) mass is 385 g/mol. The molecule has 3 aliphatic heterocycles. The van der Waals surface area contributed by atoms with Gasteiger partial charge in [-0.3, -0.25) is 19.3 Å². The SMILES string of the molecule is CC(=O)NCC1=C(C(=O)O)N2C(=O)[C@@H]3[C@H]2[C@H](C1)CN3C(=O)C(F)(F)F.[NaH]. The Bertz CT molecular complexity index is 723. The zero-order valence-corrected chi connectivity index (χ0v) is 13.0. The van der Waals surface area contributed by atoms with Crippen LogP contribution in [-0.2, 0) is 19.2 Å². The first-order valence-electron chi connectivity index (χ1n) is 7.44. The average molecular weight is 385 g/mol. The van der Waals surface area contributed by atoms with Crippen molar-refractivity contribution < 1.29 is 37.5 Å². The molecule has 2 N–H and O–H groups in total. The molecule has 0 aromatic rings. The van der Waals surface area contributed by atoms with Gasteiger partial charge in [0.2, 0.25) is 5.91 Å². The van der Waals surface area contributed by atoms with E-state index in [1.165, 1.54) is 6.92 Å². The van der Waals surface area contributed by atoms with Crippen LogP contribution < -0.4 is 5.32 Å². The van der Waals surface area contributed by atoms with Crippen molar-refractivity contribution in [2.45, 2.75) is 31.6 Å². The maximum absolute atomic E-state index is 12.7. The number of rotatable bonds is 3. The molecule has 0 unspecified atom stereocenters. The van der Waals surface area contributed by atoms with E-state index in [2.05, 4.69) is 5.32 Å². The number of nitrogens with zero attached hydrogens (tertiary/aromatic N) is 2. The fourth-order valence-corrected chi connectivity index (χ4v) is 3.80. The zero-order chi connectivity index (χ0) is 18.7. The molecular weight excluding hydrogens is 370 g/mol. The van der Waals surface area contributed by atoms with Crippen LogP contribution in [0.3, 0.4) is 0 Å². The van der Waals surface area contributed by atoms with Gasteiger partial charge < -0.3 is 15.3 Å². The predicted octanol–water partition coefficient (Wildman–Crippen LogP) is -1.18. The van der Waals surface area contributed by atoms with Crippen molar-refractivity contribution in [1.82, 2.24) is 15.1 Å². The van der Waals surface area contributed by atoms with Crippen molar-refractivity contribution in [2.24, 2.45) is 5.92 Å². The molecule has 2 saturated heterocycles. The number of hydrogen-bond acceptors (Lipinski definition) is 4. The molecule has 0 saturated carbocycles. The molecule has 138 valence electrons. The van der Waals surface area contributed by atoms with Gasteiger partial charge in [0.05, 0.1) is 6.04 Å². The summed E-state index contributed by atoms with van der Waals surface area (Å²) in [6, 6.07) is -2.05. The minimum atomic E-state index is -5.10. The molecule has 26 heavy (non-hydrogen) atoms. The van der Waals surface area contributed by atoms with Crippen LogP contribution in [0.15, 0.2) is 11.3 Å². The summed E-state index contributed by atoms with van der Waals surface area (Å²) in [5.41, 5.74) is -0.0744. The normalized spacial score (nSPS) is 26.8. The molecule has 12 heteroatoms. The van der Waals surface area contributed by atoms with Crippen LogP contribution in [0.2, 0.25) is 0 Å². The third-order valence-electron chi connectivity index (χ3n) is 4.70.